The summed E-state index contributed by atoms with van der Waals surface area (Å²) in [5.74, 6) is -0.0976. The lowest BCUT2D eigenvalue weighted by Gasteiger charge is -2.46. The van der Waals surface area contributed by atoms with E-state index < -0.39 is 16.2 Å². The maximum atomic E-state index is 11.3. The number of rotatable bonds is 3. The van der Waals surface area contributed by atoms with Gasteiger partial charge in [0.05, 0.1) is 12.9 Å². The molecular weight excluding hydrogens is 270 g/mol. The fraction of sp³-hybridized carbons (Fsp3) is 0.917. The summed E-state index contributed by atoms with van der Waals surface area (Å²) in [5, 5.41) is 9.28. The first kappa shape index (κ1) is 16.2. The zero-order valence-electron chi connectivity index (χ0n) is 11.9. The molecule has 1 unspecified atom stereocenters. The molecule has 0 spiro atoms. The van der Waals surface area contributed by atoms with Crippen molar-refractivity contribution >= 4 is 16.2 Å². The molecule has 1 N–H and O–H groups in total. The van der Waals surface area contributed by atoms with Gasteiger partial charge in [0.25, 0.3) is 10.1 Å². The first-order valence-corrected chi connectivity index (χ1v) is 8.18. The fourth-order valence-electron chi connectivity index (χ4n) is 2.85. The third-order valence-electron chi connectivity index (χ3n) is 3.39. The van der Waals surface area contributed by atoms with Crippen LogP contribution < -0.4 is 0 Å². The van der Waals surface area contributed by atoms with Crippen LogP contribution in [0.5, 0.6) is 0 Å². The van der Waals surface area contributed by atoms with E-state index in [0.29, 0.717) is 6.54 Å². The highest BCUT2D eigenvalue weighted by Gasteiger charge is 2.42. The van der Waals surface area contributed by atoms with Gasteiger partial charge in [0.1, 0.15) is 0 Å². The normalized spacial score (nSPS) is 25.4. The molecule has 0 aromatic carbocycles. The van der Waals surface area contributed by atoms with Crippen molar-refractivity contribution < 1.29 is 22.5 Å². The summed E-state index contributed by atoms with van der Waals surface area (Å²) in [6.45, 7) is 6.43. The van der Waals surface area contributed by atoms with Crippen molar-refractivity contribution in [1.29, 1.82) is 0 Å². The first-order chi connectivity index (χ1) is 8.52. The molecule has 7 heteroatoms. The molecule has 0 saturated carbocycles. The molecule has 1 aliphatic heterocycles. The molecular formula is C12H23NO5S. The number of piperidine rings is 1. The van der Waals surface area contributed by atoms with E-state index in [2.05, 4.69) is 0 Å². The van der Waals surface area contributed by atoms with Gasteiger partial charge in [-0.3, -0.25) is 4.18 Å². The van der Waals surface area contributed by atoms with Gasteiger partial charge in [-0.2, -0.15) is 8.42 Å². The minimum atomic E-state index is -3.50. The van der Waals surface area contributed by atoms with Crippen LogP contribution >= 0.6 is 0 Å². The van der Waals surface area contributed by atoms with Crippen LogP contribution in [-0.4, -0.2) is 50.0 Å². The molecule has 1 saturated heterocycles. The van der Waals surface area contributed by atoms with Crippen LogP contribution in [0.2, 0.25) is 0 Å². The summed E-state index contributed by atoms with van der Waals surface area (Å²) in [5.41, 5.74) is -0.260. The molecule has 0 aliphatic carbocycles. The van der Waals surface area contributed by atoms with Crippen molar-refractivity contribution in [3.8, 4) is 0 Å². The van der Waals surface area contributed by atoms with E-state index >= 15 is 0 Å². The van der Waals surface area contributed by atoms with Gasteiger partial charge in [0.15, 0.2) is 0 Å². The smallest absolute Gasteiger partial charge is 0.407 e. The molecule has 0 radical (unpaired) electrons. The van der Waals surface area contributed by atoms with Crippen LogP contribution in [0.3, 0.4) is 0 Å². The van der Waals surface area contributed by atoms with Crippen molar-refractivity contribution in [3.05, 3.63) is 0 Å². The number of hydrogen-bond donors (Lipinski definition) is 1. The van der Waals surface area contributed by atoms with Crippen LogP contribution in [0.25, 0.3) is 0 Å². The van der Waals surface area contributed by atoms with E-state index in [9.17, 15) is 18.3 Å². The molecule has 6 nitrogen and oxygen atoms in total. The second-order valence-corrected chi connectivity index (χ2v) is 7.82. The van der Waals surface area contributed by atoms with Gasteiger partial charge in [-0.15, -0.1) is 0 Å². The molecule has 1 amide bonds. The zero-order chi connectivity index (χ0) is 14.8. The van der Waals surface area contributed by atoms with Crippen LogP contribution in [0.15, 0.2) is 0 Å². The Morgan fingerprint density at radius 1 is 1.42 bits per heavy atom. The minimum absolute atomic E-state index is 0.0462. The van der Waals surface area contributed by atoms with Gasteiger partial charge < -0.3 is 10.0 Å². The Balaban J connectivity index is 2.90. The van der Waals surface area contributed by atoms with Crippen molar-refractivity contribution in [2.45, 2.75) is 39.7 Å². The summed E-state index contributed by atoms with van der Waals surface area (Å²) in [6.07, 6.45) is 1.57. The van der Waals surface area contributed by atoms with Crippen molar-refractivity contribution in [2.75, 3.05) is 19.4 Å². The monoisotopic (exact) mass is 293 g/mol. The van der Waals surface area contributed by atoms with E-state index in [4.69, 9.17) is 4.18 Å². The molecule has 0 aromatic rings. The highest BCUT2D eigenvalue weighted by Crippen LogP contribution is 2.36. The molecule has 1 rings (SSSR count). The van der Waals surface area contributed by atoms with Crippen LogP contribution in [0.1, 0.15) is 33.6 Å². The summed E-state index contributed by atoms with van der Waals surface area (Å²) < 4.78 is 27.1. The fourth-order valence-corrected chi connectivity index (χ4v) is 3.27. The predicted molar refractivity (Wildman–Crippen MR) is 71.5 cm³/mol. The second kappa shape index (κ2) is 5.66. The predicted octanol–water partition coefficient (Wildman–Crippen LogP) is 1.77. The third-order valence-corrected chi connectivity index (χ3v) is 3.95. The topological polar surface area (TPSA) is 83.9 Å². The molecule has 1 heterocycles. The third kappa shape index (κ3) is 4.65. The maximum absolute atomic E-state index is 11.3. The van der Waals surface area contributed by atoms with E-state index in [1.165, 1.54) is 4.90 Å². The van der Waals surface area contributed by atoms with E-state index in [1.807, 2.05) is 20.8 Å². The number of nitrogens with zero attached hydrogens (tertiary/aromatic N) is 1. The Kier molecular flexibility index (Phi) is 4.84. The Labute approximate surface area is 114 Å². The van der Waals surface area contributed by atoms with Crippen molar-refractivity contribution in [1.82, 2.24) is 4.90 Å². The lowest BCUT2D eigenvalue weighted by atomic mass is 9.74. The Bertz CT molecular complexity index is 426. The molecule has 19 heavy (non-hydrogen) atoms. The molecule has 0 aromatic heterocycles. The van der Waals surface area contributed by atoms with Gasteiger partial charge in [0, 0.05) is 18.5 Å². The number of likely N-dealkylation sites (tertiary alicyclic amines) is 1. The highest BCUT2D eigenvalue weighted by molar-refractivity contribution is 7.85. The summed E-state index contributed by atoms with van der Waals surface area (Å²) >= 11 is 0. The van der Waals surface area contributed by atoms with Crippen LogP contribution in [-0.2, 0) is 14.3 Å². The zero-order valence-corrected chi connectivity index (χ0v) is 12.7. The lowest BCUT2D eigenvalue weighted by Crippen LogP contribution is -2.55. The van der Waals surface area contributed by atoms with Gasteiger partial charge in [-0.25, -0.2) is 4.79 Å². The summed E-state index contributed by atoms with van der Waals surface area (Å²) in [6, 6.07) is -0.236. The maximum Gasteiger partial charge on any atom is 0.407 e. The molecule has 1 fully saturated rings. The van der Waals surface area contributed by atoms with Gasteiger partial charge >= 0.3 is 6.09 Å². The van der Waals surface area contributed by atoms with Crippen LogP contribution in [0.4, 0.5) is 4.79 Å². The number of carboxylic acid groups (broad SMARTS) is 1. The highest BCUT2D eigenvalue weighted by atomic mass is 32.2. The van der Waals surface area contributed by atoms with E-state index in [1.54, 1.807) is 0 Å². The standard InChI is InChI=1S/C12H23NO5S/c1-12(2,3)10-9(8-18-19(4,16)17)6-5-7-13(10)11(14)15/h9-10H,5-8H2,1-4H3,(H,14,15)/t9-,10?/m0/s1. The molecule has 2 atom stereocenters. The summed E-state index contributed by atoms with van der Waals surface area (Å²) in [7, 11) is -3.50. The largest absolute Gasteiger partial charge is 0.465 e. The van der Waals surface area contributed by atoms with Crippen LogP contribution in [0, 0.1) is 11.3 Å². The Hall–Kier alpha value is -0.820. The van der Waals surface area contributed by atoms with E-state index in [0.717, 1.165) is 19.1 Å². The number of carbonyl (C=O) groups is 1. The average Bonchev–Trinajstić information content (AvgIpc) is 2.23. The molecule has 1 aliphatic rings. The second-order valence-electron chi connectivity index (χ2n) is 6.18. The van der Waals surface area contributed by atoms with Crippen molar-refractivity contribution in [2.24, 2.45) is 11.3 Å². The number of amides is 1. The molecule has 0 bridgehead atoms. The summed E-state index contributed by atoms with van der Waals surface area (Å²) in [4.78, 5) is 12.7. The van der Waals surface area contributed by atoms with Crippen molar-refractivity contribution in [3.63, 3.8) is 0 Å². The SMILES string of the molecule is CC(C)(C)C1[C@H](COS(C)(=O)=O)CCCN1C(=O)O. The quantitative estimate of drug-likeness (QED) is 0.802. The number of hydrogen-bond acceptors (Lipinski definition) is 4. The van der Waals surface area contributed by atoms with Gasteiger partial charge in [-0.1, -0.05) is 20.8 Å². The van der Waals surface area contributed by atoms with E-state index in [-0.39, 0.29) is 24.0 Å². The average molecular weight is 293 g/mol. The first-order valence-electron chi connectivity index (χ1n) is 6.36. The van der Waals surface area contributed by atoms with Gasteiger partial charge in [-0.05, 0) is 18.3 Å². The lowest BCUT2D eigenvalue weighted by molar-refractivity contribution is 0.00785. The molecule has 112 valence electrons. The minimum Gasteiger partial charge on any atom is -0.465 e. The Morgan fingerprint density at radius 2 is 2.00 bits per heavy atom. The Morgan fingerprint density at radius 3 is 2.42 bits per heavy atom. The van der Waals surface area contributed by atoms with Gasteiger partial charge in [0.2, 0.25) is 0 Å².